The summed E-state index contributed by atoms with van der Waals surface area (Å²) in [5.74, 6) is -0.780. The second kappa shape index (κ2) is 4.35. The number of rotatable bonds is 2. The van der Waals surface area contributed by atoms with Crippen LogP contribution in [0.4, 0.5) is 9.18 Å². The molecule has 96 valence electrons. The van der Waals surface area contributed by atoms with Gasteiger partial charge in [0.1, 0.15) is 11.4 Å². The Labute approximate surface area is 112 Å². The first-order chi connectivity index (χ1) is 8.32. The van der Waals surface area contributed by atoms with Crippen LogP contribution in [0.25, 0.3) is 0 Å². The number of urea groups is 1. The quantitative estimate of drug-likeness (QED) is 0.852. The van der Waals surface area contributed by atoms with Crippen molar-refractivity contribution >= 4 is 27.9 Å². The standard InChI is InChI=1S/C12H12BrFN2O2/c1-12(2)10(17)15-11(18)16(12)6-7-3-4-8(13)5-9(7)14/h3-5H,6H2,1-2H3,(H,15,17,18). The fourth-order valence-electron chi connectivity index (χ4n) is 1.78. The van der Waals surface area contributed by atoms with Crippen molar-refractivity contribution < 1.29 is 14.0 Å². The van der Waals surface area contributed by atoms with Crippen LogP contribution >= 0.6 is 15.9 Å². The van der Waals surface area contributed by atoms with E-state index >= 15 is 0 Å². The first kappa shape index (κ1) is 13.0. The molecule has 0 aromatic heterocycles. The van der Waals surface area contributed by atoms with Gasteiger partial charge in [0.2, 0.25) is 0 Å². The molecule has 1 aliphatic rings. The van der Waals surface area contributed by atoms with Gasteiger partial charge in [-0.2, -0.15) is 0 Å². The van der Waals surface area contributed by atoms with Crippen LogP contribution in [-0.4, -0.2) is 22.4 Å². The molecule has 2 rings (SSSR count). The summed E-state index contributed by atoms with van der Waals surface area (Å²) in [7, 11) is 0. The Morgan fingerprint density at radius 1 is 1.39 bits per heavy atom. The lowest BCUT2D eigenvalue weighted by molar-refractivity contribution is -0.125. The highest BCUT2D eigenvalue weighted by atomic mass is 79.9. The zero-order valence-electron chi connectivity index (χ0n) is 9.96. The average Bonchev–Trinajstić information content (AvgIpc) is 2.44. The summed E-state index contributed by atoms with van der Waals surface area (Å²) in [5.41, 5.74) is -0.590. The van der Waals surface area contributed by atoms with Gasteiger partial charge in [-0.1, -0.05) is 22.0 Å². The Kier molecular flexibility index (Phi) is 3.14. The highest BCUT2D eigenvalue weighted by Gasteiger charge is 2.45. The molecule has 0 unspecified atom stereocenters. The monoisotopic (exact) mass is 314 g/mol. The van der Waals surface area contributed by atoms with Crippen molar-refractivity contribution in [2.24, 2.45) is 0 Å². The molecule has 3 amide bonds. The minimum absolute atomic E-state index is 0.0592. The molecule has 0 radical (unpaired) electrons. The molecule has 0 bridgehead atoms. The summed E-state index contributed by atoms with van der Waals surface area (Å²) in [6.45, 7) is 3.32. The Bertz CT molecular complexity index is 531. The van der Waals surface area contributed by atoms with Crippen molar-refractivity contribution in [1.82, 2.24) is 10.2 Å². The van der Waals surface area contributed by atoms with Crippen molar-refractivity contribution in [1.29, 1.82) is 0 Å². The third kappa shape index (κ3) is 2.12. The molecule has 1 fully saturated rings. The van der Waals surface area contributed by atoms with Crippen LogP contribution in [-0.2, 0) is 11.3 Å². The van der Waals surface area contributed by atoms with E-state index in [-0.39, 0.29) is 12.5 Å². The summed E-state index contributed by atoms with van der Waals surface area (Å²) in [6, 6.07) is 4.12. The molecular weight excluding hydrogens is 303 g/mol. The summed E-state index contributed by atoms with van der Waals surface area (Å²) in [6.07, 6.45) is 0. The molecule has 1 aromatic carbocycles. The lowest BCUT2D eigenvalue weighted by Gasteiger charge is -2.28. The van der Waals surface area contributed by atoms with Crippen LogP contribution in [0.5, 0.6) is 0 Å². The van der Waals surface area contributed by atoms with E-state index in [1.54, 1.807) is 26.0 Å². The molecular formula is C12H12BrFN2O2. The minimum Gasteiger partial charge on any atom is -0.306 e. The van der Waals surface area contributed by atoms with E-state index < -0.39 is 17.4 Å². The average molecular weight is 315 g/mol. The molecule has 0 saturated carbocycles. The molecule has 1 N–H and O–H groups in total. The van der Waals surface area contributed by atoms with E-state index in [0.29, 0.717) is 10.0 Å². The Morgan fingerprint density at radius 2 is 2.06 bits per heavy atom. The highest BCUT2D eigenvalue weighted by molar-refractivity contribution is 9.10. The van der Waals surface area contributed by atoms with E-state index in [2.05, 4.69) is 21.2 Å². The number of carbonyl (C=O) groups excluding carboxylic acids is 2. The number of nitrogens with zero attached hydrogens (tertiary/aromatic N) is 1. The van der Waals surface area contributed by atoms with Crippen LogP contribution < -0.4 is 5.32 Å². The molecule has 6 heteroatoms. The predicted octanol–water partition coefficient (Wildman–Crippen LogP) is 2.42. The summed E-state index contributed by atoms with van der Waals surface area (Å²) >= 11 is 3.17. The van der Waals surface area contributed by atoms with Crippen molar-refractivity contribution in [2.45, 2.75) is 25.9 Å². The maximum Gasteiger partial charge on any atom is 0.325 e. The van der Waals surface area contributed by atoms with Gasteiger partial charge in [0, 0.05) is 10.0 Å². The highest BCUT2D eigenvalue weighted by Crippen LogP contribution is 2.25. The van der Waals surface area contributed by atoms with Gasteiger partial charge in [0.15, 0.2) is 0 Å². The van der Waals surface area contributed by atoms with Crippen molar-refractivity contribution in [3.05, 3.63) is 34.1 Å². The van der Waals surface area contributed by atoms with Crippen LogP contribution in [0.3, 0.4) is 0 Å². The first-order valence-electron chi connectivity index (χ1n) is 5.39. The summed E-state index contributed by atoms with van der Waals surface area (Å²) in [4.78, 5) is 24.5. The number of hydrogen-bond donors (Lipinski definition) is 1. The fourth-order valence-corrected chi connectivity index (χ4v) is 2.12. The van der Waals surface area contributed by atoms with Gasteiger partial charge in [-0.05, 0) is 26.0 Å². The molecule has 1 heterocycles. The third-order valence-electron chi connectivity index (χ3n) is 3.04. The molecule has 4 nitrogen and oxygen atoms in total. The number of nitrogens with one attached hydrogen (secondary N) is 1. The van der Waals surface area contributed by atoms with E-state index in [1.807, 2.05) is 0 Å². The molecule has 18 heavy (non-hydrogen) atoms. The zero-order chi connectivity index (χ0) is 13.5. The zero-order valence-corrected chi connectivity index (χ0v) is 11.5. The van der Waals surface area contributed by atoms with Crippen LogP contribution in [0.2, 0.25) is 0 Å². The van der Waals surface area contributed by atoms with E-state index in [9.17, 15) is 14.0 Å². The van der Waals surface area contributed by atoms with E-state index in [4.69, 9.17) is 0 Å². The van der Waals surface area contributed by atoms with E-state index in [1.165, 1.54) is 11.0 Å². The number of imide groups is 1. The minimum atomic E-state index is -0.962. The number of halogens is 2. The molecule has 1 aliphatic heterocycles. The van der Waals surface area contributed by atoms with Crippen molar-refractivity contribution in [2.75, 3.05) is 0 Å². The maximum atomic E-state index is 13.7. The number of hydrogen-bond acceptors (Lipinski definition) is 2. The second-order valence-electron chi connectivity index (χ2n) is 4.64. The molecule has 1 aromatic rings. The molecule has 1 saturated heterocycles. The van der Waals surface area contributed by atoms with Crippen molar-refractivity contribution in [3.8, 4) is 0 Å². The SMILES string of the molecule is CC1(C)C(=O)NC(=O)N1Cc1ccc(Br)cc1F. The number of carbonyl (C=O) groups is 2. The topological polar surface area (TPSA) is 49.4 Å². The van der Waals surface area contributed by atoms with E-state index in [0.717, 1.165) is 0 Å². The number of amides is 3. The van der Waals surface area contributed by atoms with Gasteiger partial charge in [-0.3, -0.25) is 10.1 Å². The summed E-state index contributed by atoms with van der Waals surface area (Å²) in [5, 5.41) is 2.22. The van der Waals surface area contributed by atoms with Gasteiger partial charge >= 0.3 is 6.03 Å². The van der Waals surface area contributed by atoms with Crippen LogP contribution in [0.1, 0.15) is 19.4 Å². The maximum absolute atomic E-state index is 13.7. The number of benzene rings is 1. The van der Waals surface area contributed by atoms with Crippen LogP contribution in [0.15, 0.2) is 22.7 Å². The predicted molar refractivity (Wildman–Crippen MR) is 67.3 cm³/mol. The lowest BCUT2D eigenvalue weighted by Crippen LogP contribution is -2.43. The third-order valence-corrected chi connectivity index (χ3v) is 3.53. The van der Waals surface area contributed by atoms with Gasteiger partial charge in [-0.25, -0.2) is 9.18 Å². The normalized spacial score (nSPS) is 18.1. The van der Waals surface area contributed by atoms with Gasteiger partial charge in [0.05, 0.1) is 6.54 Å². The van der Waals surface area contributed by atoms with Gasteiger partial charge < -0.3 is 4.90 Å². The van der Waals surface area contributed by atoms with Crippen molar-refractivity contribution in [3.63, 3.8) is 0 Å². The lowest BCUT2D eigenvalue weighted by atomic mass is 10.0. The molecule has 0 spiro atoms. The Balaban J connectivity index is 2.28. The van der Waals surface area contributed by atoms with Gasteiger partial charge in [-0.15, -0.1) is 0 Å². The first-order valence-corrected chi connectivity index (χ1v) is 6.18. The summed E-state index contributed by atoms with van der Waals surface area (Å²) < 4.78 is 14.3. The Hall–Kier alpha value is -1.43. The molecule has 0 atom stereocenters. The Morgan fingerprint density at radius 3 is 2.56 bits per heavy atom. The van der Waals surface area contributed by atoms with Crippen LogP contribution in [0, 0.1) is 5.82 Å². The largest absolute Gasteiger partial charge is 0.325 e. The smallest absolute Gasteiger partial charge is 0.306 e. The molecule has 0 aliphatic carbocycles. The second-order valence-corrected chi connectivity index (χ2v) is 5.56. The fraction of sp³-hybridized carbons (Fsp3) is 0.333. The van der Waals surface area contributed by atoms with Gasteiger partial charge in [0.25, 0.3) is 5.91 Å².